The third-order valence-corrected chi connectivity index (χ3v) is 12.5. The fourth-order valence-electron chi connectivity index (χ4n) is 8.49. The summed E-state index contributed by atoms with van der Waals surface area (Å²) in [5.41, 5.74) is -18.5. The lowest BCUT2D eigenvalue weighted by molar-refractivity contribution is -0.300. The number of rotatable bonds is 5. The molecule has 7 rings (SSSR count). The molecule has 0 fully saturated rings. The first kappa shape index (κ1) is 75.9. The van der Waals surface area contributed by atoms with Crippen molar-refractivity contribution in [1.29, 1.82) is 0 Å². The number of nitrogens with zero attached hydrogens (tertiary/aromatic N) is 8. The number of anilines is 2. The summed E-state index contributed by atoms with van der Waals surface area (Å²) in [5, 5.41) is 24.7. The number of halogens is 12. The molecule has 4 aromatic heterocycles. The summed E-state index contributed by atoms with van der Waals surface area (Å²) in [6, 6.07) is 8.56. The second-order valence-electron chi connectivity index (χ2n) is 25.5. The number of hydrogen-bond acceptors (Lipinski definition) is 22. The van der Waals surface area contributed by atoms with Crippen LogP contribution in [0.2, 0.25) is 0 Å². The average molecular weight is 1380 g/mol. The Morgan fingerprint density at radius 1 is 0.537 bits per heavy atom. The van der Waals surface area contributed by atoms with Gasteiger partial charge in [0.1, 0.15) is 45.7 Å². The molecule has 0 spiro atoms. The maximum absolute atomic E-state index is 15.2. The molecule has 1 N–H and O–H groups in total. The van der Waals surface area contributed by atoms with Crippen molar-refractivity contribution in [2.75, 3.05) is 36.2 Å². The number of amides is 4. The smallest absolute Gasteiger partial charge is 0.426 e. The van der Waals surface area contributed by atoms with Crippen LogP contribution in [0.4, 0.5) is 83.2 Å². The fraction of sp³-hybridized carbons (Fsp3) is 0.593. The van der Waals surface area contributed by atoms with Gasteiger partial charge >= 0.3 is 49.1 Å². The minimum Gasteiger partial charge on any atom is -0.472 e. The summed E-state index contributed by atoms with van der Waals surface area (Å²) in [5.74, 6) is -6.58. The standard InChI is InChI=1S/C33H38F6N4O8.C26H32F6N4O8/c1-19-17-46-15-11-14-31(33(37,38)39,47-18-20-12-9-8-10-13-20)26-42-41-25(49-26)23-22(16-21(32(34,35)36)24(40-23)48-19)43(27(44)50-29(2,3)4)28(45)51-30(5,6)7;1-13-12-40-10-8-9-24(39,26(30,31)32)19-35-34-18(42-19)16-15(11-14(25(27,28)29)17(33-16)41-13)36(20(37)43-22(2,3)4)21(38)44-23(5,6)7/h8-10,12-13,16,19H,11,14-15,17-18H2,1-7H3;11,13,39H,8-10,12H2,1-7H3/t19-,31-;13-,24-/m11/s1. The van der Waals surface area contributed by atoms with Crippen molar-refractivity contribution in [3.05, 3.63) is 70.9 Å². The highest BCUT2D eigenvalue weighted by Gasteiger charge is 2.62. The van der Waals surface area contributed by atoms with E-state index in [0.717, 1.165) is 0 Å². The molecule has 526 valence electrons. The molecule has 4 amide bonds. The molecule has 2 aliphatic heterocycles. The topological polar surface area (TPSA) is 282 Å². The maximum Gasteiger partial charge on any atom is 0.426 e. The van der Waals surface area contributed by atoms with Crippen molar-refractivity contribution in [2.45, 2.75) is 200 Å². The molecule has 36 heteroatoms. The van der Waals surface area contributed by atoms with E-state index in [2.05, 4.69) is 30.4 Å². The Balaban J connectivity index is 0.000000304. The zero-order valence-corrected chi connectivity index (χ0v) is 53.7. The molecule has 5 aromatic rings. The third kappa shape index (κ3) is 19.5. The molecule has 4 atom stereocenters. The predicted octanol–water partition coefficient (Wildman–Crippen LogP) is 14.5. The number of carbonyl (C=O) groups excluding carboxylic acids is 4. The Bertz CT molecular complexity index is 3450. The molecule has 95 heavy (non-hydrogen) atoms. The van der Waals surface area contributed by atoms with Crippen molar-refractivity contribution in [2.24, 2.45) is 0 Å². The van der Waals surface area contributed by atoms with E-state index in [0.29, 0.717) is 11.6 Å². The van der Waals surface area contributed by atoms with Crippen molar-refractivity contribution >= 4 is 35.7 Å². The van der Waals surface area contributed by atoms with Crippen LogP contribution in [0.3, 0.4) is 0 Å². The predicted molar refractivity (Wildman–Crippen MR) is 304 cm³/mol. The lowest BCUT2D eigenvalue weighted by atomic mass is 9.96. The Hall–Kier alpha value is -8.12. The molecule has 0 unspecified atom stereocenters. The first-order valence-electron chi connectivity index (χ1n) is 28.9. The molecule has 2 aliphatic rings. The van der Waals surface area contributed by atoms with Gasteiger partial charge < -0.3 is 56.6 Å². The Morgan fingerprint density at radius 3 is 1.26 bits per heavy atom. The summed E-state index contributed by atoms with van der Waals surface area (Å²) in [4.78, 5) is 61.7. The van der Waals surface area contributed by atoms with Crippen molar-refractivity contribution < 1.29 is 128 Å². The minimum absolute atomic E-state index is 0.0628. The quantitative estimate of drug-likeness (QED) is 0.126. The molecule has 6 heterocycles. The number of hydrogen-bond donors (Lipinski definition) is 1. The van der Waals surface area contributed by atoms with E-state index in [1.165, 1.54) is 96.9 Å². The van der Waals surface area contributed by atoms with E-state index >= 15 is 13.2 Å². The van der Waals surface area contributed by atoms with Crippen molar-refractivity contribution in [1.82, 2.24) is 30.4 Å². The summed E-state index contributed by atoms with van der Waals surface area (Å²) >= 11 is 0. The molecule has 0 saturated heterocycles. The van der Waals surface area contributed by atoms with Crippen LogP contribution in [0.25, 0.3) is 23.2 Å². The van der Waals surface area contributed by atoms with Gasteiger partial charge in [0.2, 0.25) is 23.0 Å². The molecule has 0 saturated carbocycles. The Kier molecular flexibility index (Phi) is 22.6. The summed E-state index contributed by atoms with van der Waals surface area (Å²) in [6.07, 6.45) is -31.7. The number of pyridine rings is 2. The zero-order chi connectivity index (χ0) is 71.5. The van der Waals surface area contributed by atoms with Gasteiger partial charge in [0.25, 0.3) is 23.6 Å². The van der Waals surface area contributed by atoms with E-state index < -0.39 is 184 Å². The second kappa shape index (κ2) is 28.3. The first-order chi connectivity index (χ1) is 43.4. The highest BCUT2D eigenvalue weighted by atomic mass is 19.4. The number of fused-ring (bicyclic) bond motifs is 10. The minimum atomic E-state index is -5.34. The van der Waals surface area contributed by atoms with Gasteiger partial charge in [-0.3, -0.25) is 0 Å². The van der Waals surface area contributed by atoms with Crippen LogP contribution in [0.15, 0.2) is 51.3 Å². The highest BCUT2D eigenvalue weighted by Crippen LogP contribution is 2.50. The van der Waals surface area contributed by atoms with E-state index in [1.54, 1.807) is 30.3 Å². The van der Waals surface area contributed by atoms with E-state index in [1.807, 2.05) is 0 Å². The largest absolute Gasteiger partial charge is 0.472 e. The van der Waals surface area contributed by atoms with Crippen molar-refractivity contribution in [3.8, 4) is 34.9 Å². The average Bonchev–Trinajstić information content (AvgIpc) is 1.73. The summed E-state index contributed by atoms with van der Waals surface area (Å²) < 4.78 is 234. The number of alkyl halides is 12. The number of ether oxygens (including phenoxy) is 9. The third-order valence-electron chi connectivity index (χ3n) is 12.5. The molecule has 0 radical (unpaired) electrons. The second-order valence-corrected chi connectivity index (χ2v) is 25.5. The summed E-state index contributed by atoms with van der Waals surface area (Å²) in [6.45, 7) is 17.8. The lowest BCUT2D eigenvalue weighted by Gasteiger charge is -2.33. The SMILES string of the molecule is C[C@@H]1COCCC[C@](O)(C(F)(F)F)c2nnc(o2)-c2nc(c(C(F)(F)F)cc2N(C(=O)OC(C)(C)C)C(=O)OC(C)(C)C)O1.C[C@@H]1COCCC[C@](OCc2ccccc2)(C(F)(F)F)c2nnc(o2)-c2nc(c(C(F)(F)F)cc2N(C(=O)OC(C)(C)C)C(=O)OC(C)(C)C)O1. The number of aromatic nitrogens is 6. The highest BCUT2D eigenvalue weighted by molar-refractivity contribution is 6.12. The van der Waals surface area contributed by atoms with Gasteiger partial charge in [-0.1, -0.05) is 30.3 Å². The van der Waals surface area contributed by atoms with Crippen LogP contribution in [0.5, 0.6) is 11.8 Å². The van der Waals surface area contributed by atoms with Gasteiger partial charge in [0.15, 0.2) is 11.4 Å². The zero-order valence-electron chi connectivity index (χ0n) is 53.7. The van der Waals surface area contributed by atoms with E-state index in [9.17, 15) is 63.8 Å². The molecule has 0 aliphatic carbocycles. The fourth-order valence-corrected chi connectivity index (χ4v) is 8.49. The molecular formula is C59H70F12N8O16. The van der Waals surface area contributed by atoms with Gasteiger partial charge in [-0.25, -0.2) is 29.1 Å². The molecule has 24 nitrogen and oxygen atoms in total. The van der Waals surface area contributed by atoms with E-state index in [4.69, 9.17) is 51.5 Å². The monoisotopic (exact) mass is 1370 g/mol. The van der Waals surface area contributed by atoms with E-state index in [-0.39, 0.29) is 55.1 Å². The van der Waals surface area contributed by atoms with Crippen LogP contribution in [-0.4, -0.2) is 133 Å². The van der Waals surface area contributed by atoms with Crippen LogP contribution >= 0.6 is 0 Å². The number of aliphatic hydroxyl groups is 1. The summed E-state index contributed by atoms with van der Waals surface area (Å²) in [7, 11) is 0. The molecule has 1 aromatic carbocycles. The molecule has 8 bridgehead atoms. The van der Waals surface area contributed by atoms with Crippen molar-refractivity contribution in [3.63, 3.8) is 0 Å². The van der Waals surface area contributed by atoms with Crippen LogP contribution in [0, 0.1) is 0 Å². The first-order valence-corrected chi connectivity index (χ1v) is 28.9. The number of imide groups is 2. The van der Waals surface area contributed by atoms with Gasteiger partial charge in [-0.05, 0) is 140 Å². The molecular weight excluding hydrogens is 1300 g/mol. The Morgan fingerprint density at radius 2 is 0.905 bits per heavy atom. The Labute approximate surface area is 535 Å². The van der Waals surface area contributed by atoms with Gasteiger partial charge in [0.05, 0.1) is 31.2 Å². The van der Waals surface area contributed by atoms with Gasteiger partial charge in [0, 0.05) is 13.2 Å². The van der Waals surface area contributed by atoms with Crippen LogP contribution in [-0.2, 0) is 63.3 Å². The lowest BCUT2D eigenvalue weighted by Crippen LogP contribution is -2.45. The van der Waals surface area contributed by atoms with Gasteiger partial charge in [-0.15, -0.1) is 20.4 Å². The maximum atomic E-state index is 15.2. The number of carbonyl (C=O) groups is 4. The normalized spacial score (nSPS) is 19.6. The van der Waals surface area contributed by atoms with Crippen LogP contribution in [0.1, 0.15) is 151 Å². The number of benzene rings is 1. The van der Waals surface area contributed by atoms with Crippen LogP contribution < -0.4 is 19.3 Å². The van der Waals surface area contributed by atoms with Gasteiger partial charge in [-0.2, -0.15) is 62.5 Å².